The largest absolute Gasteiger partial charge is 0.436 e. The summed E-state index contributed by atoms with van der Waals surface area (Å²) < 4.78 is 4.56. The van der Waals surface area contributed by atoms with Crippen molar-refractivity contribution in [1.29, 1.82) is 0 Å². The molecule has 6 nitrogen and oxygen atoms in total. The number of carbonyl (C=O) groups excluding carboxylic acids is 2. The Kier molecular flexibility index (Phi) is 2.32. The van der Waals surface area contributed by atoms with E-state index in [1.54, 1.807) is 5.94 Å². The molecule has 1 heterocycles. The van der Waals surface area contributed by atoms with Crippen molar-refractivity contribution in [3.8, 4) is 0 Å². The molecule has 0 aliphatic carbocycles. The monoisotopic (exact) mass is 172 g/mol. The van der Waals surface area contributed by atoms with Crippen LogP contribution in [0.25, 0.3) is 0 Å². The van der Waals surface area contributed by atoms with Crippen molar-refractivity contribution in [1.82, 2.24) is 5.06 Å². The number of ether oxygens (including phenoxy) is 1. The van der Waals surface area contributed by atoms with Gasteiger partial charge >= 0.3 is 6.09 Å². The summed E-state index contributed by atoms with van der Waals surface area (Å²) in [6.45, 7) is 0.101. The van der Waals surface area contributed by atoms with E-state index in [2.05, 4.69) is 4.74 Å². The Hall–Kier alpha value is -1.52. The van der Waals surface area contributed by atoms with Gasteiger partial charge in [-0.25, -0.2) is 14.7 Å². The molecule has 1 aliphatic heterocycles. The molecule has 0 unspecified atom stereocenters. The molecule has 66 valence electrons. The molecule has 0 aromatic heterocycles. The SMILES string of the molecule is CN1OC[C@H](OC(N)=O)C1=C=O. The average Bonchev–Trinajstić information content (AvgIpc) is 2.30. The van der Waals surface area contributed by atoms with Crippen LogP contribution in [-0.2, 0) is 14.4 Å². The first-order valence-electron chi connectivity index (χ1n) is 3.23. The van der Waals surface area contributed by atoms with E-state index in [-0.39, 0.29) is 12.3 Å². The maximum Gasteiger partial charge on any atom is 0.405 e. The predicted molar refractivity (Wildman–Crippen MR) is 37.4 cm³/mol. The summed E-state index contributed by atoms with van der Waals surface area (Å²) in [6, 6.07) is 0. The Morgan fingerprint density at radius 3 is 3.08 bits per heavy atom. The summed E-state index contributed by atoms with van der Waals surface area (Å²) in [5.74, 6) is 1.60. The standard InChI is InChI=1S/C6H8N2O4/c1-8-4(2-9)5(3-11-8)12-6(7)10/h5H,3H2,1H3,(H2,7,10)/t5-/m0/s1. The summed E-state index contributed by atoms with van der Waals surface area (Å²) in [7, 11) is 1.52. The van der Waals surface area contributed by atoms with Crippen molar-refractivity contribution in [3.05, 3.63) is 5.70 Å². The van der Waals surface area contributed by atoms with Crippen LogP contribution in [0.5, 0.6) is 0 Å². The molecule has 6 heteroatoms. The van der Waals surface area contributed by atoms with Crippen molar-refractivity contribution >= 4 is 12.0 Å². The van der Waals surface area contributed by atoms with Gasteiger partial charge in [-0.1, -0.05) is 0 Å². The Morgan fingerprint density at radius 1 is 1.92 bits per heavy atom. The van der Waals surface area contributed by atoms with E-state index in [1.165, 1.54) is 12.1 Å². The molecule has 0 spiro atoms. The van der Waals surface area contributed by atoms with Crippen LogP contribution in [0.2, 0.25) is 0 Å². The van der Waals surface area contributed by atoms with E-state index < -0.39 is 12.2 Å². The molecule has 0 saturated carbocycles. The maximum atomic E-state index is 10.3. The number of hydroxylamine groups is 2. The van der Waals surface area contributed by atoms with Gasteiger partial charge in [0.1, 0.15) is 6.61 Å². The fourth-order valence-corrected chi connectivity index (χ4v) is 0.891. The Morgan fingerprint density at radius 2 is 2.58 bits per heavy atom. The molecule has 0 aromatic rings. The van der Waals surface area contributed by atoms with Crippen molar-refractivity contribution in [2.75, 3.05) is 13.7 Å². The van der Waals surface area contributed by atoms with Gasteiger partial charge in [-0.05, 0) is 0 Å². The maximum absolute atomic E-state index is 10.3. The van der Waals surface area contributed by atoms with Gasteiger partial charge in [0.2, 0.25) is 0 Å². The highest BCUT2D eigenvalue weighted by atomic mass is 16.7. The van der Waals surface area contributed by atoms with Crippen molar-refractivity contribution in [3.63, 3.8) is 0 Å². The second-order valence-corrected chi connectivity index (χ2v) is 2.21. The Bertz CT molecular complexity index is 246. The first-order valence-corrected chi connectivity index (χ1v) is 3.23. The average molecular weight is 172 g/mol. The lowest BCUT2D eigenvalue weighted by Gasteiger charge is -2.09. The minimum atomic E-state index is -0.938. The summed E-state index contributed by atoms with van der Waals surface area (Å²) in [4.78, 5) is 25.5. The van der Waals surface area contributed by atoms with Crippen LogP contribution in [0.3, 0.4) is 0 Å². The molecule has 1 aliphatic rings. The zero-order valence-electron chi connectivity index (χ0n) is 6.44. The minimum Gasteiger partial charge on any atom is -0.436 e. The van der Waals surface area contributed by atoms with Crippen LogP contribution < -0.4 is 5.73 Å². The topological polar surface area (TPSA) is 81.9 Å². The molecular weight excluding hydrogens is 164 g/mol. The summed E-state index contributed by atoms with van der Waals surface area (Å²) in [6.07, 6.45) is -1.67. The van der Waals surface area contributed by atoms with Crippen LogP contribution in [0.15, 0.2) is 5.70 Å². The molecule has 0 aromatic carbocycles. The molecule has 1 saturated heterocycles. The number of likely N-dealkylation sites (N-methyl/N-ethyl adjacent to an activating group) is 1. The van der Waals surface area contributed by atoms with Crippen LogP contribution in [0.1, 0.15) is 0 Å². The molecule has 2 N–H and O–H groups in total. The number of hydrogen-bond donors (Lipinski definition) is 1. The van der Waals surface area contributed by atoms with Crippen LogP contribution in [0.4, 0.5) is 4.79 Å². The van der Waals surface area contributed by atoms with E-state index in [0.29, 0.717) is 0 Å². The van der Waals surface area contributed by atoms with E-state index in [9.17, 15) is 9.59 Å². The third kappa shape index (κ3) is 1.55. The van der Waals surface area contributed by atoms with E-state index in [4.69, 9.17) is 10.6 Å². The molecule has 1 fully saturated rings. The minimum absolute atomic E-state index is 0.101. The fraction of sp³-hybridized carbons (Fsp3) is 0.500. The summed E-state index contributed by atoms with van der Waals surface area (Å²) in [5, 5.41) is 1.20. The number of hydrogen-bond acceptors (Lipinski definition) is 5. The zero-order valence-corrected chi connectivity index (χ0v) is 6.44. The summed E-state index contributed by atoms with van der Waals surface area (Å²) in [5.41, 5.74) is 4.89. The number of nitrogens with zero attached hydrogens (tertiary/aromatic N) is 1. The van der Waals surface area contributed by atoms with Crippen molar-refractivity contribution in [2.24, 2.45) is 5.73 Å². The summed E-state index contributed by atoms with van der Waals surface area (Å²) >= 11 is 0. The lowest BCUT2D eigenvalue weighted by atomic mass is 10.3. The third-order valence-corrected chi connectivity index (χ3v) is 1.43. The van der Waals surface area contributed by atoms with Gasteiger partial charge in [0.25, 0.3) is 0 Å². The lowest BCUT2D eigenvalue weighted by Crippen LogP contribution is -2.25. The van der Waals surface area contributed by atoms with Crippen LogP contribution >= 0.6 is 0 Å². The van der Waals surface area contributed by atoms with E-state index >= 15 is 0 Å². The quantitative estimate of drug-likeness (QED) is 0.515. The van der Waals surface area contributed by atoms with Crippen molar-refractivity contribution in [2.45, 2.75) is 6.10 Å². The van der Waals surface area contributed by atoms with E-state index in [0.717, 1.165) is 0 Å². The van der Waals surface area contributed by atoms with E-state index in [1.807, 2.05) is 0 Å². The number of primary amides is 1. The van der Waals surface area contributed by atoms with Gasteiger partial charge in [0, 0.05) is 7.05 Å². The molecule has 0 radical (unpaired) electrons. The molecule has 1 amide bonds. The number of nitrogens with two attached hydrogens (primary N) is 1. The highest BCUT2D eigenvalue weighted by Gasteiger charge is 2.30. The van der Waals surface area contributed by atoms with Gasteiger partial charge in [-0.2, -0.15) is 0 Å². The predicted octanol–water partition coefficient (Wildman–Crippen LogP) is -0.957. The Balaban J connectivity index is 2.68. The van der Waals surface area contributed by atoms with Crippen LogP contribution in [0, 0.1) is 0 Å². The molecule has 0 bridgehead atoms. The zero-order chi connectivity index (χ0) is 9.14. The second kappa shape index (κ2) is 3.25. The molecule has 1 rings (SSSR count). The smallest absolute Gasteiger partial charge is 0.405 e. The van der Waals surface area contributed by atoms with Crippen molar-refractivity contribution < 1.29 is 19.2 Å². The highest BCUT2D eigenvalue weighted by molar-refractivity contribution is 5.66. The molecular formula is C6H8N2O4. The van der Waals surface area contributed by atoms with Gasteiger partial charge in [0.15, 0.2) is 17.7 Å². The fourth-order valence-electron chi connectivity index (χ4n) is 0.891. The highest BCUT2D eigenvalue weighted by Crippen LogP contribution is 2.16. The van der Waals surface area contributed by atoms with Gasteiger partial charge < -0.3 is 10.5 Å². The number of amides is 1. The first kappa shape index (κ1) is 8.58. The number of rotatable bonds is 1. The molecule has 12 heavy (non-hydrogen) atoms. The normalized spacial score (nSPS) is 22.2. The first-order chi connectivity index (χ1) is 5.65. The van der Waals surface area contributed by atoms with Gasteiger partial charge in [-0.3, -0.25) is 4.84 Å². The van der Waals surface area contributed by atoms with Gasteiger partial charge in [-0.15, -0.1) is 0 Å². The second-order valence-electron chi connectivity index (χ2n) is 2.21. The molecule has 1 atom stereocenters. The third-order valence-electron chi connectivity index (χ3n) is 1.43. The lowest BCUT2D eigenvalue weighted by molar-refractivity contribution is -0.0723. The van der Waals surface area contributed by atoms with Crippen LogP contribution in [-0.4, -0.2) is 36.9 Å². The van der Waals surface area contributed by atoms with Gasteiger partial charge in [0.05, 0.1) is 0 Å². The Labute approximate surface area is 68.5 Å². The number of carbonyl (C=O) groups is 1.